The molecule has 1 aliphatic rings. The van der Waals surface area contributed by atoms with E-state index >= 15 is 0 Å². The van der Waals surface area contributed by atoms with Gasteiger partial charge in [0.15, 0.2) is 0 Å². The fourth-order valence-corrected chi connectivity index (χ4v) is 3.39. The first-order chi connectivity index (χ1) is 14.6. The smallest absolute Gasteiger partial charge is 0.337 e. The molecule has 0 unspecified atom stereocenters. The predicted octanol–water partition coefficient (Wildman–Crippen LogP) is 4.47. The molecule has 6 nitrogen and oxygen atoms in total. The van der Waals surface area contributed by atoms with Crippen LogP contribution in [-0.2, 0) is 9.53 Å². The molecule has 30 heavy (non-hydrogen) atoms. The maximum atomic E-state index is 12.6. The summed E-state index contributed by atoms with van der Waals surface area (Å²) < 4.78 is 10.1. The molecular formula is C24H20N2O4. The van der Waals surface area contributed by atoms with Crippen LogP contribution in [0, 0.1) is 0 Å². The van der Waals surface area contributed by atoms with Crippen LogP contribution in [0.15, 0.2) is 54.7 Å². The quantitative estimate of drug-likeness (QED) is 0.376. The van der Waals surface area contributed by atoms with E-state index in [2.05, 4.69) is 10.3 Å². The monoisotopic (exact) mass is 400 g/mol. The van der Waals surface area contributed by atoms with Gasteiger partial charge >= 0.3 is 5.97 Å². The molecule has 0 bridgehead atoms. The van der Waals surface area contributed by atoms with Gasteiger partial charge in [0, 0.05) is 17.4 Å². The van der Waals surface area contributed by atoms with Gasteiger partial charge in [-0.25, -0.2) is 4.79 Å². The third kappa shape index (κ3) is 3.63. The average Bonchev–Trinajstić information content (AvgIpc) is 3.36. The number of carbonyl (C=O) groups excluding carboxylic acids is 2. The maximum absolute atomic E-state index is 12.6. The minimum atomic E-state index is -0.370. The summed E-state index contributed by atoms with van der Waals surface area (Å²) in [7, 11) is 2.95. The van der Waals surface area contributed by atoms with E-state index < -0.39 is 0 Å². The number of ether oxygens (including phenoxy) is 2. The summed E-state index contributed by atoms with van der Waals surface area (Å²) >= 11 is 0. The van der Waals surface area contributed by atoms with Crippen LogP contribution in [0.1, 0.15) is 32.7 Å². The first-order valence-electron chi connectivity index (χ1n) is 9.35. The van der Waals surface area contributed by atoms with Crippen molar-refractivity contribution in [3.05, 3.63) is 82.7 Å². The summed E-state index contributed by atoms with van der Waals surface area (Å²) in [4.78, 5) is 27.3. The van der Waals surface area contributed by atoms with Crippen LogP contribution in [-0.4, -0.2) is 31.1 Å². The van der Waals surface area contributed by atoms with Crippen LogP contribution >= 0.6 is 0 Å². The van der Waals surface area contributed by atoms with Crippen molar-refractivity contribution >= 4 is 41.4 Å². The van der Waals surface area contributed by atoms with Crippen molar-refractivity contribution in [3.8, 4) is 5.75 Å². The van der Waals surface area contributed by atoms with Gasteiger partial charge in [-0.2, -0.15) is 0 Å². The van der Waals surface area contributed by atoms with Gasteiger partial charge in [0.05, 0.1) is 31.1 Å². The third-order valence-corrected chi connectivity index (χ3v) is 4.89. The van der Waals surface area contributed by atoms with Gasteiger partial charge in [0.2, 0.25) is 0 Å². The van der Waals surface area contributed by atoms with Crippen LogP contribution in [0.5, 0.6) is 5.75 Å². The standard InChI is InChI=1S/C24H20N2O4/c1-29-21-12-13-25-20(21)14-18-22-16(4-3-5-19(22)26-23(18)27)9-6-15-7-10-17(11-8-15)24(28)30-2/h3-14,25H,1-2H3,(H,26,27)/b9-6?,18-14+. The number of methoxy groups -OCH3 is 2. The fourth-order valence-electron chi connectivity index (χ4n) is 3.39. The lowest BCUT2D eigenvalue weighted by Crippen LogP contribution is -2.03. The number of anilines is 1. The number of aromatic amines is 1. The van der Waals surface area contributed by atoms with E-state index in [0.717, 1.165) is 28.1 Å². The normalized spacial score (nSPS) is 14.1. The van der Waals surface area contributed by atoms with Crippen molar-refractivity contribution in [2.24, 2.45) is 0 Å². The van der Waals surface area contributed by atoms with Gasteiger partial charge in [0.1, 0.15) is 5.75 Å². The van der Waals surface area contributed by atoms with Gasteiger partial charge in [-0.15, -0.1) is 0 Å². The lowest BCUT2D eigenvalue weighted by atomic mass is 9.98. The molecule has 0 saturated carbocycles. The van der Waals surface area contributed by atoms with E-state index in [-0.39, 0.29) is 11.9 Å². The number of nitrogens with one attached hydrogen (secondary N) is 2. The van der Waals surface area contributed by atoms with Gasteiger partial charge in [-0.3, -0.25) is 4.79 Å². The Kier molecular flexibility index (Phi) is 5.22. The van der Waals surface area contributed by atoms with E-state index in [1.807, 2.05) is 48.6 Å². The lowest BCUT2D eigenvalue weighted by molar-refractivity contribution is -0.110. The Morgan fingerprint density at radius 1 is 1.00 bits per heavy atom. The first-order valence-corrected chi connectivity index (χ1v) is 9.35. The molecule has 1 aromatic heterocycles. The van der Waals surface area contributed by atoms with Crippen molar-refractivity contribution in [1.29, 1.82) is 0 Å². The molecule has 0 radical (unpaired) electrons. The van der Waals surface area contributed by atoms with Crippen molar-refractivity contribution in [2.75, 3.05) is 19.5 Å². The second-order valence-electron chi connectivity index (χ2n) is 6.69. The molecule has 2 heterocycles. The molecule has 3 aromatic rings. The summed E-state index contributed by atoms with van der Waals surface area (Å²) in [5.41, 5.74) is 5.21. The zero-order chi connectivity index (χ0) is 21.1. The second kappa shape index (κ2) is 8.13. The number of amides is 1. The summed E-state index contributed by atoms with van der Waals surface area (Å²) in [6.45, 7) is 0. The first kappa shape index (κ1) is 19.3. The van der Waals surface area contributed by atoms with Gasteiger partial charge < -0.3 is 19.8 Å². The molecular weight excluding hydrogens is 380 g/mol. The van der Waals surface area contributed by atoms with Crippen molar-refractivity contribution in [1.82, 2.24) is 4.98 Å². The van der Waals surface area contributed by atoms with Crippen LogP contribution in [0.4, 0.5) is 5.69 Å². The van der Waals surface area contributed by atoms with E-state index in [0.29, 0.717) is 16.9 Å². The molecule has 0 aliphatic carbocycles. The van der Waals surface area contributed by atoms with E-state index in [1.165, 1.54) is 7.11 Å². The summed E-state index contributed by atoms with van der Waals surface area (Å²) in [5.74, 6) is 0.137. The lowest BCUT2D eigenvalue weighted by Gasteiger charge is -2.05. The number of benzene rings is 2. The molecule has 0 fully saturated rings. The molecule has 1 aliphatic heterocycles. The Hall–Kier alpha value is -4.06. The van der Waals surface area contributed by atoms with Crippen LogP contribution < -0.4 is 10.1 Å². The number of esters is 1. The number of carbonyl (C=O) groups is 2. The second-order valence-corrected chi connectivity index (χ2v) is 6.69. The fraction of sp³-hybridized carbons (Fsp3) is 0.0833. The number of hydrogen-bond acceptors (Lipinski definition) is 4. The zero-order valence-electron chi connectivity index (χ0n) is 16.6. The Labute approximate surface area is 173 Å². The molecule has 2 aromatic carbocycles. The van der Waals surface area contributed by atoms with Crippen molar-refractivity contribution < 1.29 is 19.1 Å². The van der Waals surface area contributed by atoms with E-state index in [9.17, 15) is 9.59 Å². The summed E-state index contributed by atoms with van der Waals surface area (Å²) in [6.07, 6.45) is 7.45. The number of H-pyrrole nitrogens is 1. The minimum absolute atomic E-state index is 0.162. The Morgan fingerprint density at radius 2 is 1.80 bits per heavy atom. The van der Waals surface area contributed by atoms with E-state index in [4.69, 9.17) is 9.47 Å². The minimum Gasteiger partial charge on any atom is -0.495 e. The summed E-state index contributed by atoms with van der Waals surface area (Å²) in [6, 6.07) is 14.7. The highest BCUT2D eigenvalue weighted by Gasteiger charge is 2.26. The number of aromatic nitrogens is 1. The molecule has 0 spiro atoms. The van der Waals surface area contributed by atoms with Gasteiger partial charge in [0.25, 0.3) is 5.91 Å². The maximum Gasteiger partial charge on any atom is 0.337 e. The van der Waals surface area contributed by atoms with Crippen molar-refractivity contribution in [2.45, 2.75) is 0 Å². The Morgan fingerprint density at radius 3 is 2.53 bits per heavy atom. The number of rotatable bonds is 5. The molecule has 150 valence electrons. The topological polar surface area (TPSA) is 80.4 Å². The molecule has 0 atom stereocenters. The van der Waals surface area contributed by atoms with Crippen molar-refractivity contribution in [3.63, 3.8) is 0 Å². The average molecular weight is 400 g/mol. The molecule has 0 saturated heterocycles. The number of hydrogen-bond donors (Lipinski definition) is 2. The van der Waals surface area contributed by atoms with Crippen LogP contribution in [0.25, 0.3) is 23.8 Å². The Bertz CT molecular complexity index is 1170. The highest BCUT2D eigenvalue weighted by atomic mass is 16.5. The molecule has 1 amide bonds. The molecule has 6 heteroatoms. The van der Waals surface area contributed by atoms with Gasteiger partial charge in [-0.1, -0.05) is 36.4 Å². The molecule has 4 rings (SSSR count). The van der Waals surface area contributed by atoms with Crippen LogP contribution in [0.3, 0.4) is 0 Å². The summed E-state index contributed by atoms with van der Waals surface area (Å²) in [5, 5.41) is 2.92. The number of fused-ring (bicyclic) bond motifs is 1. The Balaban J connectivity index is 1.69. The SMILES string of the molecule is COC(=O)c1ccc(C=Cc2cccc3c2/C(=C\c2[nH]ccc2OC)C(=O)N3)cc1. The highest BCUT2D eigenvalue weighted by molar-refractivity contribution is 6.35. The highest BCUT2D eigenvalue weighted by Crippen LogP contribution is 2.37. The third-order valence-electron chi connectivity index (χ3n) is 4.89. The largest absolute Gasteiger partial charge is 0.495 e. The predicted molar refractivity (Wildman–Crippen MR) is 117 cm³/mol. The van der Waals surface area contributed by atoms with E-state index in [1.54, 1.807) is 31.5 Å². The zero-order valence-corrected chi connectivity index (χ0v) is 16.6. The molecule has 2 N–H and O–H groups in total. The van der Waals surface area contributed by atoms with Gasteiger partial charge in [-0.05, 0) is 41.5 Å². The van der Waals surface area contributed by atoms with Crippen LogP contribution in [0.2, 0.25) is 0 Å².